The Kier molecular flexibility index (Phi) is 7.79. The first-order valence-electron chi connectivity index (χ1n) is 7.38. The minimum atomic E-state index is 1.26. The zero-order valence-corrected chi connectivity index (χ0v) is 11.7. The molecule has 0 saturated heterocycles. The maximum Gasteiger partial charge on any atom is -0.0279 e. The minimum absolute atomic E-state index is 1.26. The van der Waals surface area contributed by atoms with Gasteiger partial charge in [-0.25, -0.2) is 0 Å². The summed E-state index contributed by atoms with van der Waals surface area (Å²) in [4.78, 5) is 0. The van der Waals surface area contributed by atoms with Crippen LogP contribution in [0.2, 0.25) is 0 Å². The quantitative estimate of drug-likeness (QED) is 0.481. The first kappa shape index (κ1) is 14.3. The molecule has 0 nitrogen and oxygen atoms in total. The third-order valence-electron chi connectivity index (χ3n) is 3.44. The zero-order valence-electron chi connectivity index (χ0n) is 11.7. The topological polar surface area (TPSA) is 0 Å². The molecule has 0 saturated carbocycles. The molecule has 0 bridgehead atoms. The van der Waals surface area contributed by atoms with Gasteiger partial charge in [-0.3, -0.25) is 0 Å². The van der Waals surface area contributed by atoms with Gasteiger partial charge in [0.1, 0.15) is 0 Å². The van der Waals surface area contributed by atoms with E-state index in [0.717, 1.165) is 0 Å². The summed E-state index contributed by atoms with van der Waals surface area (Å²) in [5, 5.41) is 0. The summed E-state index contributed by atoms with van der Waals surface area (Å²) in [6, 6.07) is 8.99. The fourth-order valence-electron chi connectivity index (χ4n) is 2.22. The molecular formula is C17H28. The van der Waals surface area contributed by atoms with Gasteiger partial charge in [0.2, 0.25) is 0 Å². The van der Waals surface area contributed by atoms with Gasteiger partial charge in [-0.05, 0) is 25.3 Å². The molecular weight excluding hydrogens is 204 g/mol. The molecule has 0 heteroatoms. The molecule has 0 heterocycles. The van der Waals surface area contributed by atoms with E-state index in [-0.39, 0.29) is 0 Å². The number of unbranched alkanes of at least 4 members (excludes halogenated alkanes) is 7. The second-order valence-corrected chi connectivity index (χ2v) is 5.21. The monoisotopic (exact) mass is 232 g/mol. The highest BCUT2D eigenvalue weighted by molar-refractivity contribution is 5.21. The van der Waals surface area contributed by atoms with Crippen LogP contribution in [0.3, 0.4) is 0 Å². The van der Waals surface area contributed by atoms with Crippen LogP contribution in [-0.2, 0) is 6.42 Å². The van der Waals surface area contributed by atoms with E-state index in [2.05, 4.69) is 38.1 Å². The van der Waals surface area contributed by atoms with Gasteiger partial charge in [0, 0.05) is 0 Å². The molecule has 0 atom stereocenters. The number of hydrogen-bond donors (Lipinski definition) is 0. The Labute approximate surface area is 107 Å². The fraction of sp³-hybridized carbons (Fsp3) is 0.647. The Balaban J connectivity index is 1.95. The largest absolute Gasteiger partial charge is 0.0654 e. The van der Waals surface area contributed by atoms with E-state index in [1.54, 1.807) is 0 Å². The van der Waals surface area contributed by atoms with Gasteiger partial charge in [-0.15, -0.1) is 0 Å². The lowest BCUT2D eigenvalue weighted by atomic mass is 10.0. The Bertz CT molecular complexity index is 271. The molecule has 96 valence electrons. The van der Waals surface area contributed by atoms with Crippen molar-refractivity contribution in [2.75, 3.05) is 0 Å². The van der Waals surface area contributed by atoms with E-state index in [4.69, 9.17) is 0 Å². The van der Waals surface area contributed by atoms with Crippen molar-refractivity contribution in [1.82, 2.24) is 0 Å². The van der Waals surface area contributed by atoms with E-state index in [0.29, 0.717) is 0 Å². The highest BCUT2D eigenvalue weighted by Gasteiger charge is 1.94. The SMILES string of the molecule is CCCCCCCCCCc1ccc(C)cc1. The highest BCUT2D eigenvalue weighted by Crippen LogP contribution is 2.11. The van der Waals surface area contributed by atoms with Crippen molar-refractivity contribution in [2.45, 2.75) is 71.6 Å². The molecule has 0 aliphatic carbocycles. The molecule has 0 amide bonds. The van der Waals surface area contributed by atoms with Gasteiger partial charge in [0.05, 0.1) is 0 Å². The van der Waals surface area contributed by atoms with Crippen LogP contribution in [0.25, 0.3) is 0 Å². The predicted molar refractivity (Wildman–Crippen MR) is 77.5 cm³/mol. The summed E-state index contributed by atoms with van der Waals surface area (Å²) in [6.45, 7) is 4.43. The van der Waals surface area contributed by atoms with E-state index in [9.17, 15) is 0 Å². The molecule has 0 unspecified atom stereocenters. The van der Waals surface area contributed by atoms with E-state index in [1.807, 2.05) is 0 Å². The van der Waals surface area contributed by atoms with Gasteiger partial charge in [-0.2, -0.15) is 0 Å². The van der Waals surface area contributed by atoms with E-state index >= 15 is 0 Å². The molecule has 0 fully saturated rings. The Hall–Kier alpha value is -0.780. The zero-order chi connectivity index (χ0) is 12.3. The fourth-order valence-corrected chi connectivity index (χ4v) is 2.22. The van der Waals surface area contributed by atoms with Crippen LogP contribution in [0.1, 0.15) is 69.4 Å². The highest BCUT2D eigenvalue weighted by atomic mass is 14.0. The van der Waals surface area contributed by atoms with Crippen LogP contribution in [0.5, 0.6) is 0 Å². The molecule has 1 rings (SSSR count). The summed E-state index contributed by atoms with van der Waals surface area (Å²) < 4.78 is 0. The Morgan fingerprint density at radius 1 is 0.706 bits per heavy atom. The third-order valence-corrected chi connectivity index (χ3v) is 3.44. The van der Waals surface area contributed by atoms with Gasteiger partial charge in [-0.1, -0.05) is 81.7 Å². The van der Waals surface area contributed by atoms with Crippen LogP contribution in [0, 0.1) is 6.92 Å². The van der Waals surface area contributed by atoms with Crippen molar-refractivity contribution in [3.05, 3.63) is 35.4 Å². The van der Waals surface area contributed by atoms with Crippen molar-refractivity contribution in [2.24, 2.45) is 0 Å². The Morgan fingerprint density at radius 3 is 1.82 bits per heavy atom. The summed E-state index contributed by atoms with van der Waals surface area (Å²) in [5.74, 6) is 0. The summed E-state index contributed by atoms with van der Waals surface area (Å²) in [6.07, 6.45) is 12.5. The molecule has 0 N–H and O–H groups in total. The standard InChI is InChI=1S/C17H28/c1-3-4-5-6-7-8-9-10-11-17-14-12-16(2)13-15-17/h12-15H,3-11H2,1-2H3. The summed E-state index contributed by atoms with van der Waals surface area (Å²) in [5.41, 5.74) is 2.87. The molecule has 0 aliphatic heterocycles. The number of rotatable bonds is 9. The minimum Gasteiger partial charge on any atom is -0.0654 e. The molecule has 0 spiro atoms. The summed E-state index contributed by atoms with van der Waals surface area (Å²) >= 11 is 0. The number of benzene rings is 1. The number of hydrogen-bond acceptors (Lipinski definition) is 0. The second-order valence-electron chi connectivity index (χ2n) is 5.21. The molecule has 1 aromatic rings. The van der Waals surface area contributed by atoms with Crippen LogP contribution in [-0.4, -0.2) is 0 Å². The summed E-state index contributed by atoms with van der Waals surface area (Å²) in [7, 11) is 0. The van der Waals surface area contributed by atoms with Gasteiger partial charge >= 0.3 is 0 Å². The lowest BCUT2D eigenvalue weighted by Crippen LogP contribution is -1.86. The Morgan fingerprint density at radius 2 is 1.24 bits per heavy atom. The van der Waals surface area contributed by atoms with Crippen molar-refractivity contribution in [1.29, 1.82) is 0 Å². The van der Waals surface area contributed by atoms with Crippen LogP contribution in [0.15, 0.2) is 24.3 Å². The maximum absolute atomic E-state index is 2.28. The molecule has 1 aromatic carbocycles. The molecule has 0 aliphatic rings. The van der Waals surface area contributed by atoms with Crippen LogP contribution >= 0.6 is 0 Å². The normalized spacial score (nSPS) is 10.7. The van der Waals surface area contributed by atoms with Gasteiger partial charge in [0.15, 0.2) is 0 Å². The van der Waals surface area contributed by atoms with E-state index < -0.39 is 0 Å². The first-order valence-corrected chi connectivity index (χ1v) is 7.38. The lowest BCUT2D eigenvalue weighted by Gasteiger charge is -2.03. The van der Waals surface area contributed by atoms with Gasteiger partial charge in [0.25, 0.3) is 0 Å². The van der Waals surface area contributed by atoms with Crippen molar-refractivity contribution in [3.63, 3.8) is 0 Å². The molecule has 0 aromatic heterocycles. The van der Waals surface area contributed by atoms with Crippen molar-refractivity contribution in [3.8, 4) is 0 Å². The molecule has 0 radical (unpaired) electrons. The van der Waals surface area contributed by atoms with Crippen LogP contribution in [0.4, 0.5) is 0 Å². The predicted octanol–water partition coefficient (Wildman–Crippen LogP) is 5.68. The first-order chi connectivity index (χ1) is 8.33. The van der Waals surface area contributed by atoms with Gasteiger partial charge < -0.3 is 0 Å². The van der Waals surface area contributed by atoms with Crippen LogP contribution < -0.4 is 0 Å². The third kappa shape index (κ3) is 7.20. The molecule has 17 heavy (non-hydrogen) atoms. The lowest BCUT2D eigenvalue weighted by molar-refractivity contribution is 0.575. The average molecular weight is 232 g/mol. The second kappa shape index (κ2) is 9.27. The average Bonchev–Trinajstić information content (AvgIpc) is 2.35. The van der Waals surface area contributed by atoms with E-state index in [1.165, 1.54) is 68.9 Å². The number of aryl methyl sites for hydroxylation is 2. The van der Waals surface area contributed by atoms with Crippen molar-refractivity contribution < 1.29 is 0 Å². The van der Waals surface area contributed by atoms with Crippen molar-refractivity contribution >= 4 is 0 Å². The maximum atomic E-state index is 2.28. The smallest absolute Gasteiger partial charge is 0.0279 e.